The molecule has 2 aliphatic heterocycles. The molecule has 3 heterocycles. The van der Waals surface area contributed by atoms with Gasteiger partial charge in [0.05, 0.1) is 13.7 Å². The lowest BCUT2D eigenvalue weighted by Crippen LogP contribution is -2.41. The summed E-state index contributed by atoms with van der Waals surface area (Å²) in [6.45, 7) is 5.17. The third-order valence-electron chi connectivity index (χ3n) is 5.73. The molecule has 9 heteroatoms. The SMILES string of the molecule is COc1cc(CN2CCCO2)ccc1OCC(O)CN1CCC(n2cnnc2)CC1. The molecule has 0 amide bonds. The van der Waals surface area contributed by atoms with E-state index >= 15 is 0 Å². The van der Waals surface area contributed by atoms with Gasteiger partial charge in [0.1, 0.15) is 25.4 Å². The van der Waals surface area contributed by atoms with Crippen molar-refractivity contribution in [3.05, 3.63) is 36.4 Å². The first-order valence-corrected chi connectivity index (χ1v) is 10.6. The predicted molar refractivity (Wildman–Crippen MR) is 110 cm³/mol. The third-order valence-corrected chi connectivity index (χ3v) is 5.73. The van der Waals surface area contributed by atoms with Crippen LogP contribution in [0.1, 0.15) is 30.9 Å². The topological polar surface area (TPSA) is 85.1 Å². The fourth-order valence-corrected chi connectivity index (χ4v) is 4.09. The van der Waals surface area contributed by atoms with Gasteiger partial charge in [0.2, 0.25) is 0 Å². The number of rotatable bonds is 9. The normalized spacial score (nSPS) is 19.8. The summed E-state index contributed by atoms with van der Waals surface area (Å²) in [6.07, 6.45) is 6.12. The van der Waals surface area contributed by atoms with Gasteiger partial charge in [-0.25, -0.2) is 0 Å². The van der Waals surface area contributed by atoms with Crippen LogP contribution in [0.5, 0.6) is 11.5 Å². The number of aromatic nitrogens is 3. The second-order valence-electron chi connectivity index (χ2n) is 7.94. The van der Waals surface area contributed by atoms with Gasteiger partial charge in [0.15, 0.2) is 11.5 Å². The average molecular weight is 418 g/mol. The van der Waals surface area contributed by atoms with Crippen molar-refractivity contribution in [1.82, 2.24) is 24.7 Å². The van der Waals surface area contributed by atoms with Crippen LogP contribution in [-0.2, 0) is 11.4 Å². The molecule has 30 heavy (non-hydrogen) atoms. The lowest BCUT2D eigenvalue weighted by atomic mass is 10.0. The molecule has 0 radical (unpaired) electrons. The van der Waals surface area contributed by atoms with Crippen LogP contribution >= 0.6 is 0 Å². The van der Waals surface area contributed by atoms with Crippen molar-refractivity contribution in [3.63, 3.8) is 0 Å². The number of nitrogens with zero attached hydrogens (tertiary/aromatic N) is 5. The van der Waals surface area contributed by atoms with E-state index in [2.05, 4.69) is 19.7 Å². The number of hydrogen-bond acceptors (Lipinski definition) is 8. The molecule has 9 nitrogen and oxygen atoms in total. The monoisotopic (exact) mass is 417 g/mol. The van der Waals surface area contributed by atoms with E-state index in [-0.39, 0.29) is 6.61 Å². The van der Waals surface area contributed by atoms with Crippen molar-refractivity contribution in [1.29, 1.82) is 0 Å². The van der Waals surface area contributed by atoms with Gasteiger partial charge in [-0.3, -0.25) is 4.84 Å². The van der Waals surface area contributed by atoms with E-state index in [1.54, 1.807) is 19.8 Å². The molecule has 0 aliphatic carbocycles. The molecule has 0 spiro atoms. The Labute approximate surface area is 177 Å². The second kappa shape index (κ2) is 10.2. The number of aliphatic hydroxyl groups excluding tert-OH is 1. The molecule has 2 aromatic rings. The molecule has 1 aromatic heterocycles. The summed E-state index contributed by atoms with van der Waals surface area (Å²) in [4.78, 5) is 7.84. The van der Waals surface area contributed by atoms with Crippen molar-refractivity contribution in [2.75, 3.05) is 46.5 Å². The standard InChI is InChI=1S/C21H31N5O4/c1-28-21-11-17(12-26-7-2-10-30-26)3-4-20(21)29-14-19(27)13-24-8-5-18(6-9-24)25-15-22-23-16-25/h3-4,11,15-16,18-19,27H,2,5-10,12-14H2,1H3. The molecular weight excluding hydrogens is 386 g/mol. The second-order valence-corrected chi connectivity index (χ2v) is 7.94. The van der Waals surface area contributed by atoms with Gasteiger partial charge < -0.3 is 24.0 Å². The smallest absolute Gasteiger partial charge is 0.161 e. The van der Waals surface area contributed by atoms with Crippen LogP contribution in [0.15, 0.2) is 30.9 Å². The Morgan fingerprint density at radius 2 is 1.97 bits per heavy atom. The lowest BCUT2D eigenvalue weighted by Gasteiger charge is -2.33. The van der Waals surface area contributed by atoms with Crippen LogP contribution in [-0.4, -0.2) is 82.4 Å². The molecule has 0 bridgehead atoms. The zero-order chi connectivity index (χ0) is 20.8. The molecule has 1 unspecified atom stereocenters. The zero-order valence-corrected chi connectivity index (χ0v) is 17.5. The fourth-order valence-electron chi connectivity index (χ4n) is 4.09. The molecule has 164 valence electrons. The highest BCUT2D eigenvalue weighted by Crippen LogP contribution is 2.29. The molecule has 1 atom stereocenters. The Morgan fingerprint density at radius 3 is 2.67 bits per heavy atom. The zero-order valence-electron chi connectivity index (χ0n) is 17.5. The van der Waals surface area contributed by atoms with E-state index in [9.17, 15) is 5.11 Å². The quantitative estimate of drug-likeness (QED) is 0.657. The summed E-state index contributed by atoms with van der Waals surface area (Å²) in [5.74, 6) is 1.32. The molecule has 4 rings (SSSR count). The van der Waals surface area contributed by atoms with Gasteiger partial charge >= 0.3 is 0 Å². The summed E-state index contributed by atoms with van der Waals surface area (Å²) >= 11 is 0. The molecule has 2 saturated heterocycles. The highest BCUT2D eigenvalue weighted by Gasteiger charge is 2.22. The first-order valence-electron chi connectivity index (χ1n) is 10.6. The highest BCUT2D eigenvalue weighted by molar-refractivity contribution is 5.43. The molecule has 2 aliphatic rings. The Balaban J connectivity index is 1.23. The minimum absolute atomic E-state index is 0.232. The Morgan fingerprint density at radius 1 is 1.17 bits per heavy atom. The average Bonchev–Trinajstić information content (AvgIpc) is 3.48. The number of benzene rings is 1. The molecule has 1 aromatic carbocycles. The van der Waals surface area contributed by atoms with Crippen LogP contribution in [0.25, 0.3) is 0 Å². The van der Waals surface area contributed by atoms with Crippen LogP contribution < -0.4 is 9.47 Å². The number of aliphatic hydroxyl groups is 1. The van der Waals surface area contributed by atoms with Crippen LogP contribution in [0, 0.1) is 0 Å². The van der Waals surface area contributed by atoms with Gasteiger partial charge in [0, 0.05) is 38.8 Å². The summed E-state index contributed by atoms with van der Waals surface area (Å²) < 4.78 is 13.4. The van der Waals surface area contributed by atoms with E-state index < -0.39 is 6.10 Å². The number of methoxy groups -OCH3 is 1. The number of hydrogen-bond donors (Lipinski definition) is 1. The van der Waals surface area contributed by atoms with E-state index in [4.69, 9.17) is 14.3 Å². The van der Waals surface area contributed by atoms with E-state index in [1.807, 2.05) is 23.3 Å². The fraction of sp³-hybridized carbons (Fsp3) is 0.619. The molecule has 1 N–H and O–H groups in total. The number of piperidine rings is 1. The molecule has 2 fully saturated rings. The summed E-state index contributed by atoms with van der Waals surface area (Å²) in [5.41, 5.74) is 1.11. The van der Waals surface area contributed by atoms with Crippen LogP contribution in [0.4, 0.5) is 0 Å². The first-order chi connectivity index (χ1) is 14.7. The number of likely N-dealkylation sites (tertiary alicyclic amines) is 1. The number of ether oxygens (including phenoxy) is 2. The van der Waals surface area contributed by atoms with Gasteiger partial charge in [-0.05, 0) is 37.0 Å². The molecule has 0 saturated carbocycles. The third kappa shape index (κ3) is 5.48. The van der Waals surface area contributed by atoms with Crippen molar-refractivity contribution < 1.29 is 19.4 Å². The lowest BCUT2D eigenvalue weighted by molar-refractivity contribution is -0.117. The maximum absolute atomic E-state index is 10.5. The summed E-state index contributed by atoms with van der Waals surface area (Å²) in [6, 6.07) is 6.33. The number of hydroxylamine groups is 2. The van der Waals surface area contributed by atoms with Crippen LogP contribution in [0.3, 0.4) is 0 Å². The van der Waals surface area contributed by atoms with Crippen molar-refractivity contribution in [2.45, 2.75) is 38.0 Å². The van der Waals surface area contributed by atoms with Crippen molar-refractivity contribution >= 4 is 0 Å². The van der Waals surface area contributed by atoms with E-state index in [0.29, 0.717) is 24.1 Å². The van der Waals surface area contributed by atoms with E-state index in [1.165, 1.54) is 0 Å². The summed E-state index contributed by atoms with van der Waals surface area (Å²) in [7, 11) is 1.63. The van der Waals surface area contributed by atoms with Gasteiger partial charge in [-0.15, -0.1) is 10.2 Å². The Bertz CT molecular complexity index is 774. The minimum Gasteiger partial charge on any atom is -0.493 e. The van der Waals surface area contributed by atoms with Crippen LogP contribution in [0.2, 0.25) is 0 Å². The van der Waals surface area contributed by atoms with Gasteiger partial charge in [-0.2, -0.15) is 5.06 Å². The van der Waals surface area contributed by atoms with Crippen molar-refractivity contribution in [3.8, 4) is 11.5 Å². The molecular formula is C21H31N5O4. The highest BCUT2D eigenvalue weighted by atomic mass is 16.7. The minimum atomic E-state index is -0.557. The largest absolute Gasteiger partial charge is 0.493 e. The maximum Gasteiger partial charge on any atom is 0.161 e. The van der Waals surface area contributed by atoms with Gasteiger partial charge in [0.25, 0.3) is 0 Å². The van der Waals surface area contributed by atoms with Gasteiger partial charge in [-0.1, -0.05) is 6.07 Å². The van der Waals surface area contributed by atoms with E-state index in [0.717, 1.165) is 57.6 Å². The first kappa shape index (κ1) is 21.0. The Hall–Kier alpha value is -2.20. The predicted octanol–water partition coefficient (Wildman–Crippen LogP) is 1.50. The number of β-amino-alcohol motifs (C(OH)–C–C–N with tert-alkyl or cyclic N) is 1. The Kier molecular flexibility index (Phi) is 7.16. The van der Waals surface area contributed by atoms with Crippen molar-refractivity contribution in [2.24, 2.45) is 0 Å². The summed E-state index contributed by atoms with van der Waals surface area (Å²) in [5, 5.41) is 20.2. The maximum atomic E-state index is 10.5.